The monoisotopic (exact) mass is 222 g/mol. The zero-order valence-electron chi connectivity index (χ0n) is 10.4. The molecule has 92 valence electrons. The molecule has 2 aliphatic carbocycles. The number of hydrogen-bond donors (Lipinski definition) is 2. The van der Waals surface area contributed by atoms with Gasteiger partial charge in [-0.2, -0.15) is 0 Å². The van der Waals surface area contributed by atoms with Gasteiger partial charge in [0.15, 0.2) is 0 Å². The van der Waals surface area contributed by atoms with Gasteiger partial charge in [0.05, 0.1) is 0 Å². The van der Waals surface area contributed by atoms with Crippen LogP contribution in [0, 0.1) is 17.8 Å². The minimum Gasteiger partial charge on any atom is -0.317 e. The van der Waals surface area contributed by atoms with Crippen LogP contribution in [0.4, 0.5) is 0 Å². The lowest BCUT2D eigenvalue weighted by Gasteiger charge is -2.24. The Morgan fingerprint density at radius 1 is 0.938 bits per heavy atom. The van der Waals surface area contributed by atoms with E-state index in [9.17, 15) is 0 Å². The van der Waals surface area contributed by atoms with Crippen molar-refractivity contribution in [3.05, 3.63) is 0 Å². The summed E-state index contributed by atoms with van der Waals surface area (Å²) >= 11 is 0. The third-order valence-electron chi connectivity index (χ3n) is 4.65. The molecule has 0 amide bonds. The Bertz CT molecular complexity index is 203. The highest BCUT2D eigenvalue weighted by Gasteiger charge is 2.40. The molecule has 0 aromatic rings. The molecule has 3 fully saturated rings. The lowest BCUT2D eigenvalue weighted by Crippen LogP contribution is -2.36. The molecule has 16 heavy (non-hydrogen) atoms. The smallest absolute Gasteiger partial charge is 0.0124 e. The van der Waals surface area contributed by atoms with Crippen molar-refractivity contribution in [1.29, 1.82) is 0 Å². The number of piperidine rings is 1. The molecule has 3 rings (SSSR count). The molecule has 3 aliphatic rings. The first kappa shape index (κ1) is 11.0. The lowest BCUT2D eigenvalue weighted by molar-refractivity contribution is 0.328. The summed E-state index contributed by atoms with van der Waals surface area (Å²) in [6.07, 6.45) is 10.2. The predicted octanol–water partition coefficient (Wildman–Crippen LogP) is 2.15. The zero-order valence-corrected chi connectivity index (χ0v) is 10.4. The number of rotatable bonds is 6. The molecule has 2 N–H and O–H groups in total. The standard InChI is InChI=1S/C14H26N2/c1-2-12(1)14(13-3-4-13)16-10-7-11-5-8-15-9-6-11/h11-16H,1-10H2. The summed E-state index contributed by atoms with van der Waals surface area (Å²) in [6.45, 7) is 3.78. The second-order valence-corrected chi connectivity index (χ2v) is 6.14. The highest BCUT2D eigenvalue weighted by atomic mass is 14.9. The normalized spacial score (nSPS) is 27.6. The Morgan fingerprint density at radius 2 is 1.56 bits per heavy atom. The Labute approximate surface area is 99.6 Å². The van der Waals surface area contributed by atoms with E-state index in [2.05, 4.69) is 10.6 Å². The first-order valence-electron chi connectivity index (χ1n) is 7.37. The van der Waals surface area contributed by atoms with E-state index in [0.29, 0.717) is 0 Å². The molecule has 0 atom stereocenters. The summed E-state index contributed by atoms with van der Waals surface area (Å²) < 4.78 is 0. The summed E-state index contributed by atoms with van der Waals surface area (Å²) in [5.41, 5.74) is 0. The van der Waals surface area contributed by atoms with E-state index < -0.39 is 0 Å². The summed E-state index contributed by atoms with van der Waals surface area (Å²) in [5, 5.41) is 7.32. The van der Waals surface area contributed by atoms with E-state index in [1.807, 2.05) is 0 Å². The largest absolute Gasteiger partial charge is 0.317 e. The van der Waals surface area contributed by atoms with Crippen molar-refractivity contribution >= 4 is 0 Å². The Morgan fingerprint density at radius 3 is 2.12 bits per heavy atom. The maximum atomic E-state index is 3.87. The molecule has 0 aromatic carbocycles. The average Bonchev–Trinajstić information content (AvgIpc) is 3.17. The molecule has 0 unspecified atom stereocenters. The third kappa shape index (κ3) is 2.98. The molecule has 0 bridgehead atoms. The Kier molecular flexibility index (Phi) is 3.49. The summed E-state index contributed by atoms with van der Waals surface area (Å²) in [6, 6.07) is 0.904. The van der Waals surface area contributed by atoms with Gasteiger partial charge in [0.2, 0.25) is 0 Å². The average molecular weight is 222 g/mol. The van der Waals surface area contributed by atoms with E-state index in [0.717, 1.165) is 23.8 Å². The summed E-state index contributed by atoms with van der Waals surface area (Å²) in [5.74, 6) is 3.11. The second kappa shape index (κ2) is 5.05. The number of hydrogen-bond acceptors (Lipinski definition) is 2. The molecule has 1 heterocycles. The van der Waals surface area contributed by atoms with Crippen molar-refractivity contribution in [2.45, 2.75) is 51.0 Å². The van der Waals surface area contributed by atoms with Gasteiger partial charge in [-0.25, -0.2) is 0 Å². The lowest BCUT2D eigenvalue weighted by atomic mass is 9.94. The first-order valence-corrected chi connectivity index (χ1v) is 7.37. The van der Waals surface area contributed by atoms with E-state index in [4.69, 9.17) is 0 Å². The highest BCUT2D eigenvalue weighted by molar-refractivity contribution is 4.96. The maximum absolute atomic E-state index is 3.87. The fourth-order valence-electron chi connectivity index (χ4n) is 3.25. The van der Waals surface area contributed by atoms with E-state index in [1.54, 1.807) is 0 Å². The van der Waals surface area contributed by atoms with Gasteiger partial charge in [-0.05, 0) is 82.3 Å². The van der Waals surface area contributed by atoms with Crippen LogP contribution < -0.4 is 10.6 Å². The van der Waals surface area contributed by atoms with Crippen LogP contribution in [-0.2, 0) is 0 Å². The van der Waals surface area contributed by atoms with Crippen molar-refractivity contribution in [1.82, 2.24) is 10.6 Å². The maximum Gasteiger partial charge on any atom is 0.0124 e. The van der Waals surface area contributed by atoms with Crippen molar-refractivity contribution in [2.75, 3.05) is 19.6 Å². The topological polar surface area (TPSA) is 24.1 Å². The molecule has 1 saturated heterocycles. The molecule has 0 spiro atoms. The molecule has 0 radical (unpaired) electrons. The summed E-state index contributed by atoms with van der Waals surface area (Å²) in [4.78, 5) is 0. The van der Waals surface area contributed by atoms with Crippen LogP contribution in [0.25, 0.3) is 0 Å². The van der Waals surface area contributed by atoms with E-state index in [-0.39, 0.29) is 0 Å². The Balaban J connectivity index is 1.34. The van der Waals surface area contributed by atoms with Gasteiger partial charge in [0.1, 0.15) is 0 Å². The van der Waals surface area contributed by atoms with Gasteiger partial charge in [-0.3, -0.25) is 0 Å². The summed E-state index contributed by atoms with van der Waals surface area (Å²) in [7, 11) is 0. The van der Waals surface area contributed by atoms with Gasteiger partial charge in [0, 0.05) is 6.04 Å². The van der Waals surface area contributed by atoms with Crippen molar-refractivity contribution in [3.8, 4) is 0 Å². The quantitative estimate of drug-likeness (QED) is 0.719. The van der Waals surface area contributed by atoms with Crippen LogP contribution in [0.2, 0.25) is 0 Å². The minimum absolute atomic E-state index is 0.904. The van der Waals surface area contributed by atoms with Crippen LogP contribution in [0.15, 0.2) is 0 Å². The highest BCUT2D eigenvalue weighted by Crippen LogP contribution is 2.44. The van der Waals surface area contributed by atoms with Crippen LogP contribution in [-0.4, -0.2) is 25.7 Å². The molecule has 2 heteroatoms. The van der Waals surface area contributed by atoms with Crippen LogP contribution in [0.5, 0.6) is 0 Å². The minimum atomic E-state index is 0.904. The van der Waals surface area contributed by atoms with Gasteiger partial charge in [0.25, 0.3) is 0 Å². The van der Waals surface area contributed by atoms with Gasteiger partial charge >= 0.3 is 0 Å². The van der Waals surface area contributed by atoms with Crippen molar-refractivity contribution < 1.29 is 0 Å². The van der Waals surface area contributed by atoms with E-state index >= 15 is 0 Å². The third-order valence-corrected chi connectivity index (χ3v) is 4.65. The molecule has 2 nitrogen and oxygen atoms in total. The van der Waals surface area contributed by atoms with Gasteiger partial charge in [-0.15, -0.1) is 0 Å². The molecule has 0 aromatic heterocycles. The van der Waals surface area contributed by atoms with E-state index in [1.165, 1.54) is 64.6 Å². The second-order valence-electron chi connectivity index (χ2n) is 6.14. The fraction of sp³-hybridized carbons (Fsp3) is 1.00. The molecular formula is C14H26N2. The first-order chi connectivity index (χ1) is 7.93. The zero-order chi connectivity index (χ0) is 10.8. The Hall–Kier alpha value is -0.0800. The van der Waals surface area contributed by atoms with Crippen molar-refractivity contribution in [2.24, 2.45) is 17.8 Å². The number of nitrogens with one attached hydrogen (secondary N) is 2. The van der Waals surface area contributed by atoms with Gasteiger partial charge in [-0.1, -0.05) is 0 Å². The molecule has 1 aliphatic heterocycles. The van der Waals surface area contributed by atoms with Crippen LogP contribution in [0.1, 0.15) is 44.9 Å². The predicted molar refractivity (Wildman–Crippen MR) is 67.4 cm³/mol. The molecule has 2 saturated carbocycles. The van der Waals surface area contributed by atoms with Crippen molar-refractivity contribution in [3.63, 3.8) is 0 Å². The fourth-order valence-corrected chi connectivity index (χ4v) is 3.25. The van der Waals surface area contributed by atoms with Crippen LogP contribution >= 0.6 is 0 Å². The van der Waals surface area contributed by atoms with Crippen LogP contribution in [0.3, 0.4) is 0 Å². The SMILES string of the molecule is C1CC(CCNC(C2CC2)C2CC2)CCN1. The van der Waals surface area contributed by atoms with Gasteiger partial charge < -0.3 is 10.6 Å². The molecular weight excluding hydrogens is 196 g/mol.